The molecule has 0 aliphatic carbocycles. The number of thiazole rings is 1. The number of ether oxygens (including phenoxy) is 1. The van der Waals surface area contributed by atoms with Gasteiger partial charge in [0.05, 0.1) is 10.2 Å². The van der Waals surface area contributed by atoms with Crippen LogP contribution in [0, 0.1) is 0 Å². The van der Waals surface area contributed by atoms with Gasteiger partial charge in [0, 0.05) is 5.54 Å². The van der Waals surface area contributed by atoms with Crippen LogP contribution in [0.1, 0.15) is 37.7 Å². The SMILES string of the molecule is CCC(C)(C)NC(=O)COC(=O)c1ccc(-c2nc3ccccc3s2)o1. The number of fused-ring (bicyclic) bond motifs is 1. The van der Waals surface area contributed by atoms with Crippen molar-refractivity contribution in [3.05, 3.63) is 42.2 Å². The van der Waals surface area contributed by atoms with Crippen molar-refractivity contribution < 1.29 is 18.7 Å². The minimum absolute atomic E-state index is 0.0433. The summed E-state index contributed by atoms with van der Waals surface area (Å²) in [6, 6.07) is 11.0. The molecule has 0 fully saturated rings. The number of para-hydroxylation sites is 1. The molecule has 0 radical (unpaired) electrons. The number of carbonyl (C=O) groups is 2. The van der Waals surface area contributed by atoms with E-state index < -0.39 is 5.97 Å². The Labute approximate surface area is 155 Å². The predicted molar refractivity (Wildman–Crippen MR) is 100 cm³/mol. The van der Waals surface area contributed by atoms with Gasteiger partial charge < -0.3 is 14.5 Å². The Balaban J connectivity index is 1.64. The maximum absolute atomic E-state index is 12.1. The van der Waals surface area contributed by atoms with Crippen LogP contribution in [-0.2, 0) is 9.53 Å². The molecule has 0 atom stereocenters. The topological polar surface area (TPSA) is 81.4 Å². The van der Waals surface area contributed by atoms with Crippen LogP contribution in [0.15, 0.2) is 40.8 Å². The second-order valence-electron chi connectivity index (χ2n) is 6.51. The molecule has 7 heteroatoms. The van der Waals surface area contributed by atoms with Gasteiger partial charge >= 0.3 is 5.97 Å². The first-order chi connectivity index (χ1) is 12.4. The second-order valence-corrected chi connectivity index (χ2v) is 7.54. The minimum Gasteiger partial charge on any atom is -0.450 e. The molecule has 26 heavy (non-hydrogen) atoms. The van der Waals surface area contributed by atoms with Gasteiger partial charge in [-0.2, -0.15) is 0 Å². The first-order valence-electron chi connectivity index (χ1n) is 8.32. The van der Waals surface area contributed by atoms with Gasteiger partial charge in [0.15, 0.2) is 17.4 Å². The number of furan rings is 1. The summed E-state index contributed by atoms with van der Waals surface area (Å²) in [7, 11) is 0. The average molecular weight is 372 g/mol. The van der Waals surface area contributed by atoms with Crippen LogP contribution >= 0.6 is 11.3 Å². The van der Waals surface area contributed by atoms with Gasteiger partial charge in [-0.05, 0) is 44.5 Å². The standard InChI is InChI=1S/C19H20N2O4S/c1-4-19(2,3)21-16(22)11-24-18(23)14-10-9-13(25-14)17-20-12-7-5-6-8-15(12)26-17/h5-10H,4,11H2,1-3H3,(H,21,22). The zero-order valence-electron chi connectivity index (χ0n) is 14.9. The van der Waals surface area contributed by atoms with Crippen molar-refractivity contribution in [3.8, 4) is 10.8 Å². The van der Waals surface area contributed by atoms with E-state index in [0.717, 1.165) is 16.6 Å². The van der Waals surface area contributed by atoms with E-state index >= 15 is 0 Å². The summed E-state index contributed by atoms with van der Waals surface area (Å²) in [6.45, 7) is 5.44. The highest BCUT2D eigenvalue weighted by molar-refractivity contribution is 7.21. The maximum atomic E-state index is 12.1. The predicted octanol–water partition coefficient (Wildman–Crippen LogP) is 4.02. The summed E-state index contributed by atoms with van der Waals surface area (Å²) < 4.78 is 11.6. The third kappa shape index (κ3) is 4.11. The van der Waals surface area contributed by atoms with Crippen molar-refractivity contribution in [2.45, 2.75) is 32.7 Å². The number of rotatable bonds is 6. The molecule has 6 nitrogen and oxygen atoms in total. The Kier molecular flexibility index (Phi) is 5.08. The first kappa shape index (κ1) is 18.1. The molecular formula is C19H20N2O4S. The number of benzene rings is 1. The Morgan fingerprint density at radius 2 is 2.00 bits per heavy atom. The van der Waals surface area contributed by atoms with Gasteiger partial charge in [-0.15, -0.1) is 11.3 Å². The van der Waals surface area contributed by atoms with Crippen molar-refractivity contribution in [2.24, 2.45) is 0 Å². The van der Waals surface area contributed by atoms with Gasteiger partial charge in [0.1, 0.15) is 0 Å². The average Bonchev–Trinajstić information content (AvgIpc) is 3.25. The minimum atomic E-state index is -0.679. The number of esters is 1. The molecule has 0 saturated carbocycles. The van der Waals surface area contributed by atoms with E-state index in [1.807, 2.05) is 45.0 Å². The van der Waals surface area contributed by atoms with Crippen LogP contribution < -0.4 is 5.32 Å². The highest BCUT2D eigenvalue weighted by Gasteiger charge is 2.20. The molecule has 3 aromatic rings. The van der Waals surface area contributed by atoms with Gasteiger partial charge in [-0.25, -0.2) is 9.78 Å². The van der Waals surface area contributed by atoms with Crippen LogP contribution in [0.5, 0.6) is 0 Å². The maximum Gasteiger partial charge on any atom is 0.374 e. The van der Waals surface area contributed by atoms with E-state index in [2.05, 4.69) is 10.3 Å². The molecule has 2 aromatic heterocycles. The summed E-state index contributed by atoms with van der Waals surface area (Å²) in [4.78, 5) is 28.4. The molecule has 3 rings (SSSR count). The molecule has 136 valence electrons. The highest BCUT2D eigenvalue weighted by Crippen LogP contribution is 2.31. The molecule has 1 N–H and O–H groups in total. The number of hydrogen-bond donors (Lipinski definition) is 1. The monoisotopic (exact) mass is 372 g/mol. The lowest BCUT2D eigenvalue weighted by Gasteiger charge is -2.24. The fraction of sp³-hybridized carbons (Fsp3) is 0.316. The quantitative estimate of drug-likeness (QED) is 0.661. The summed E-state index contributed by atoms with van der Waals surface area (Å²) in [5.74, 6) is -0.485. The van der Waals surface area contributed by atoms with Crippen molar-refractivity contribution in [2.75, 3.05) is 6.61 Å². The number of carbonyl (C=O) groups excluding carboxylic acids is 2. The fourth-order valence-electron chi connectivity index (χ4n) is 2.24. The molecule has 0 unspecified atom stereocenters. The lowest BCUT2D eigenvalue weighted by atomic mass is 10.0. The third-order valence-electron chi connectivity index (χ3n) is 4.01. The lowest BCUT2D eigenvalue weighted by Crippen LogP contribution is -2.44. The molecule has 0 saturated heterocycles. The fourth-order valence-corrected chi connectivity index (χ4v) is 3.17. The summed E-state index contributed by atoms with van der Waals surface area (Å²) >= 11 is 1.48. The molecule has 0 aliphatic heterocycles. The van der Waals surface area contributed by atoms with Crippen molar-refractivity contribution in [1.82, 2.24) is 10.3 Å². The van der Waals surface area contributed by atoms with Crippen molar-refractivity contribution >= 4 is 33.4 Å². The molecular weight excluding hydrogens is 352 g/mol. The Hall–Kier alpha value is -2.67. The second kappa shape index (κ2) is 7.29. The largest absolute Gasteiger partial charge is 0.450 e. The zero-order valence-corrected chi connectivity index (χ0v) is 15.7. The van der Waals surface area contributed by atoms with E-state index in [1.54, 1.807) is 6.07 Å². The number of nitrogens with zero attached hydrogens (tertiary/aromatic N) is 1. The van der Waals surface area contributed by atoms with E-state index in [-0.39, 0.29) is 23.8 Å². The van der Waals surface area contributed by atoms with Crippen molar-refractivity contribution in [1.29, 1.82) is 0 Å². The molecule has 1 amide bonds. The van der Waals surface area contributed by atoms with E-state index in [1.165, 1.54) is 17.4 Å². The van der Waals surface area contributed by atoms with Gasteiger partial charge in [-0.3, -0.25) is 4.79 Å². The summed E-state index contributed by atoms with van der Waals surface area (Å²) in [5, 5.41) is 3.49. The van der Waals surface area contributed by atoms with Crippen LogP contribution in [0.3, 0.4) is 0 Å². The van der Waals surface area contributed by atoms with Gasteiger partial charge in [-0.1, -0.05) is 19.1 Å². The summed E-state index contributed by atoms with van der Waals surface area (Å²) in [6.07, 6.45) is 0.774. The first-order valence-corrected chi connectivity index (χ1v) is 9.13. The number of nitrogens with one attached hydrogen (secondary N) is 1. The molecule has 0 spiro atoms. The van der Waals surface area contributed by atoms with E-state index in [4.69, 9.17) is 9.15 Å². The van der Waals surface area contributed by atoms with Gasteiger partial charge in [0.2, 0.25) is 5.76 Å². The number of hydrogen-bond acceptors (Lipinski definition) is 6. The Morgan fingerprint density at radius 1 is 1.23 bits per heavy atom. The van der Waals surface area contributed by atoms with Crippen LogP contribution in [0.4, 0.5) is 0 Å². The zero-order chi connectivity index (χ0) is 18.7. The van der Waals surface area contributed by atoms with Crippen molar-refractivity contribution in [3.63, 3.8) is 0 Å². The van der Waals surface area contributed by atoms with Crippen LogP contribution in [-0.4, -0.2) is 29.0 Å². The van der Waals surface area contributed by atoms with E-state index in [0.29, 0.717) is 10.8 Å². The Morgan fingerprint density at radius 3 is 2.73 bits per heavy atom. The molecule has 1 aromatic carbocycles. The van der Waals surface area contributed by atoms with Crippen LogP contribution in [0.2, 0.25) is 0 Å². The summed E-state index contributed by atoms with van der Waals surface area (Å²) in [5.41, 5.74) is 0.539. The van der Waals surface area contributed by atoms with Crippen LogP contribution in [0.25, 0.3) is 21.0 Å². The number of amides is 1. The molecule has 2 heterocycles. The Bertz CT molecular complexity index is 909. The van der Waals surface area contributed by atoms with Gasteiger partial charge in [0.25, 0.3) is 5.91 Å². The number of aromatic nitrogens is 1. The molecule has 0 bridgehead atoms. The molecule has 0 aliphatic rings. The van der Waals surface area contributed by atoms with E-state index in [9.17, 15) is 9.59 Å². The highest BCUT2D eigenvalue weighted by atomic mass is 32.1. The normalized spacial score (nSPS) is 11.5. The smallest absolute Gasteiger partial charge is 0.374 e. The lowest BCUT2D eigenvalue weighted by molar-refractivity contribution is -0.125. The third-order valence-corrected chi connectivity index (χ3v) is 5.06.